The zero-order valence-electron chi connectivity index (χ0n) is 20.9. The van der Waals surface area contributed by atoms with E-state index in [-0.39, 0.29) is 42.9 Å². The number of esters is 1. The van der Waals surface area contributed by atoms with Gasteiger partial charge in [-0.2, -0.15) is 0 Å². The van der Waals surface area contributed by atoms with Crippen LogP contribution in [0.3, 0.4) is 0 Å². The molecule has 2 aliphatic rings. The van der Waals surface area contributed by atoms with Crippen LogP contribution in [0.25, 0.3) is 22.3 Å². The average Bonchev–Trinajstić information content (AvgIpc) is 3.26. The monoisotopic (exact) mass is 520 g/mol. The van der Waals surface area contributed by atoms with Gasteiger partial charge in [0.25, 0.3) is 5.56 Å². The van der Waals surface area contributed by atoms with E-state index in [1.165, 1.54) is 11.2 Å². The number of nitrogens with one attached hydrogen (secondary N) is 1. The fourth-order valence-corrected chi connectivity index (χ4v) is 4.92. The Labute approximate surface area is 217 Å². The number of hydrogen-bond donors (Lipinski definition) is 5. The highest BCUT2D eigenvalue weighted by Crippen LogP contribution is 2.38. The Morgan fingerprint density at radius 3 is 2.71 bits per heavy atom. The molecule has 0 saturated carbocycles. The maximum atomic E-state index is 13.4. The summed E-state index contributed by atoms with van der Waals surface area (Å²) < 4.78 is 6.54. The fourth-order valence-electron chi connectivity index (χ4n) is 4.92. The molecule has 1 aromatic carbocycles. The van der Waals surface area contributed by atoms with Crippen LogP contribution in [0.4, 0.5) is 0 Å². The van der Waals surface area contributed by atoms with E-state index in [0.717, 1.165) is 27.6 Å². The van der Waals surface area contributed by atoms with Crippen LogP contribution in [0.2, 0.25) is 0 Å². The molecule has 2 aromatic heterocycles. The number of rotatable bonds is 6. The second kappa shape index (κ2) is 9.56. The van der Waals surface area contributed by atoms with Crippen LogP contribution in [-0.4, -0.2) is 49.8 Å². The van der Waals surface area contributed by atoms with Gasteiger partial charge in [-0.3, -0.25) is 9.59 Å². The van der Waals surface area contributed by atoms with E-state index in [1.54, 1.807) is 10.6 Å². The third kappa shape index (κ3) is 4.08. The van der Waals surface area contributed by atoms with Crippen LogP contribution in [0, 0.1) is 13.8 Å². The molecular formula is C26H28N6O6. The first-order chi connectivity index (χ1) is 18.1. The van der Waals surface area contributed by atoms with Gasteiger partial charge in [0.05, 0.1) is 47.8 Å². The number of carbonyl (C=O) groups is 2. The average molecular weight is 521 g/mol. The number of hydrazine groups is 1. The predicted molar refractivity (Wildman–Crippen MR) is 137 cm³/mol. The van der Waals surface area contributed by atoms with E-state index >= 15 is 0 Å². The Hall–Kier alpha value is -4.26. The number of aromatic nitrogens is 2. The molecule has 0 fully saturated rings. The van der Waals surface area contributed by atoms with Gasteiger partial charge < -0.3 is 35.6 Å². The summed E-state index contributed by atoms with van der Waals surface area (Å²) in [6.45, 7) is 3.50. The van der Waals surface area contributed by atoms with Gasteiger partial charge in [0, 0.05) is 22.7 Å². The Balaban J connectivity index is 1.66. The Morgan fingerprint density at radius 2 is 2.00 bits per heavy atom. The van der Waals surface area contributed by atoms with Crippen LogP contribution in [0.1, 0.15) is 39.5 Å². The lowest BCUT2D eigenvalue weighted by atomic mass is 9.96. The van der Waals surface area contributed by atoms with Crippen molar-refractivity contribution in [3.63, 3.8) is 0 Å². The number of aryl methyl sites for hydroxylation is 2. The smallest absolute Gasteiger partial charge is 0.340 e. The molecule has 5 rings (SSSR count). The van der Waals surface area contributed by atoms with Crippen molar-refractivity contribution in [3.8, 4) is 11.4 Å². The van der Waals surface area contributed by atoms with E-state index in [0.29, 0.717) is 22.6 Å². The number of nitrogens with two attached hydrogens (primary N) is 2. The molecule has 0 saturated heterocycles. The summed E-state index contributed by atoms with van der Waals surface area (Å²) >= 11 is 0. The van der Waals surface area contributed by atoms with Crippen molar-refractivity contribution in [1.82, 2.24) is 19.9 Å². The molecular weight excluding hydrogens is 492 g/mol. The molecule has 0 bridgehead atoms. The minimum atomic E-state index is -1.54. The number of cyclic esters (lactones) is 1. The highest BCUT2D eigenvalue weighted by atomic mass is 16.5. The summed E-state index contributed by atoms with van der Waals surface area (Å²) in [4.78, 5) is 41.8. The summed E-state index contributed by atoms with van der Waals surface area (Å²) in [5.41, 5.74) is 11.7. The molecule has 1 unspecified atom stereocenters. The molecule has 12 nitrogen and oxygen atoms in total. The number of hydrogen-bond acceptors (Lipinski definition) is 10. The third-order valence-electron chi connectivity index (χ3n) is 7.19. The molecule has 4 heterocycles. The minimum absolute atomic E-state index is 0.00799. The Morgan fingerprint density at radius 1 is 1.26 bits per heavy atom. The molecule has 1 amide bonds. The van der Waals surface area contributed by atoms with Gasteiger partial charge in [-0.1, -0.05) is 0 Å². The van der Waals surface area contributed by atoms with Crippen LogP contribution < -0.4 is 22.5 Å². The van der Waals surface area contributed by atoms with Crippen molar-refractivity contribution < 1.29 is 24.5 Å². The molecule has 12 heteroatoms. The van der Waals surface area contributed by atoms with E-state index in [1.807, 2.05) is 26.0 Å². The van der Waals surface area contributed by atoms with Crippen molar-refractivity contribution in [2.45, 2.75) is 39.6 Å². The molecule has 2 aliphatic heterocycles. The van der Waals surface area contributed by atoms with Crippen LogP contribution in [-0.2, 0) is 34.0 Å². The number of benzene rings is 1. The number of pyridine rings is 2. The van der Waals surface area contributed by atoms with Crippen molar-refractivity contribution in [3.05, 3.63) is 73.8 Å². The third-order valence-corrected chi connectivity index (χ3v) is 7.19. The number of nitrogens with zero attached hydrogens (tertiary/aromatic N) is 3. The van der Waals surface area contributed by atoms with Gasteiger partial charge in [-0.25, -0.2) is 15.6 Å². The van der Waals surface area contributed by atoms with Crippen molar-refractivity contribution in [1.29, 1.82) is 0 Å². The predicted octanol–water partition coefficient (Wildman–Crippen LogP) is -0.283. The first kappa shape index (κ1) is 25.4. The van der Waals surface area contributed by atoms with E-state index in [2.05, 4.69) is 5.32 Å². The minimum Gasteiger partial charge on any atom is -0.458 e. The van der Waals surface area contributed by atoms with Gasteiger partial charge in [-0.05, 0) is 48.7 Å². The number of amides is 1. The van der Waals surface area contributed by atoms with Crippen LogP contribution in [0.5, 0.6) is 0 Å². The molecule has 7 N–H and O–H groups in total. The molecule has 3 aromatic rings. The first-order valence-corrected chi connectivity index (χ1v) is 12.0. The van der Waals surface area contributed by atoms with Crippen LogP contribution in [0.15, 0.2) is 34.9 Å². The summed E-state index contributed by atoms with van der Waals surface area (Å²) in [6, 6.07) is 5.61. The number of aliphatic hydroxyl groups is 2. The van der Waals surface area contributed by atoms with Crippen LogP contribution >= 0.6 is 0 Å². The lowest BCUT2D eigenvalue weighted by Gasteiger charge is -2.24. The quantitative estimate of drug-likeness (QED) is 0.129. The largest absolute Gasteiger partial charge is 0.458 e. The van der Waals surface area contributed by atoms with E-state index in [9.17, 15) is 19.5 Å². The number of aliphatic hydroxyl groups excluding tert-OH is 2. The highest BCUT2D eigenvalue weighted by molar-refractivity contribution is 5.89. The molecule has 38 heavy (non-hydrogen) atoms. The van der Waals surface area contributed by atoms with Gasteiger partial charge in [0.1, 0.15) is 13.2 Å². The molecule has 0 spiro atoms. The second-order valence-electron chi connectivity index (χ2n) is 9.46. The number of fused-ring (bicyclic) bond motifs is 5. The molecule has 198 valence electrons. The first-order valence-electron chi connectivity index (χ1n) is 12.0. The molecule has 0 aliphatic carbocycles. The lowest BCUT2D eigenvalue weighted by Crippen LogP contribution is -2.38. The van der Waals surface area contributed by atoms with Gasteiger partial charge in [0.15, 0.2) is 6.10 Å². The summed E-state index contributed by atoms with van der Waals surface area (Å²) in [5, 5.41) is 24.2. The van der Waals surface area contributed by atoms with Crippen molar-refractivity contribution >= 4 is 22.8 Å². The van der Waals surface area contributed by atoms with Gasteiger partial charge >= 0.3 is 5.97 Å². The summed E-state index contributed by atoms with van der Waals surface area (Å²) in [5.74, 6) is 5.04. The zero-order chi connectivity index (χ0) is 27.3. The molecule has 0 radical (unpaired) electrons. The zero-order valence-corrected chi connectivity index (χ0v) is 20.9. The lowest BCUT2D eigenvalue weighted by molar-refractivity contribution is -0.157. The van der Waals surface area contributed by atoms with Crippen molar-refractivity contribution in [2.75, 3.05) is 13.2 Å². The van der Waals surface area contributed by atoms with E-state index in [4.69, 9.17) is 26.4 Å². The summed E-state index contributed by atoms with van der Waals surface area (Å²) in [7, 11) is 0. The molecule has 1 atom stereocenters. The number of ether oxygens (including phenoxy) is 1. The highest BCUT2D eigenvalue weighted by Gasteiger charge is 2.35. The van der Waals surface area contributed by atoms with E-state index < -0.39 is 24.6 Å². The maximum absolute atomic E-state index is 13.4. The van der Waals surface area contributed by atoms with Crippen molar-refractivity contribution in [2.24, 2.45) is 11.6 Å². The van der Waals surface area contributed by atoms with Gasteiger partial charge in [0.2, 0.25) is 5.91 Å². The Kier molecular flexibility index (Phi) is 6.39. The topological polar surface area (TPSA) is 186 Å². The SMILES string of the molecule is Cc1cc2nc3c(c(CN(N)/C(=C\N)CNC(=O)CO)c2cc1C)Cn1c-3cc2c(c1=O)COC(=O)C2O. The fraction of sp³-hybridized carbons (Fsp3) is 0.308. The summed E-state index contributed by atoms with van der Waals surface area (Å²) in [6.07, 6.45) is -0.264. The Bertz CT molecular complexity index is 1590. The maximum Gasteiger partial charge on any atom is 0.340 e. The standard InChI is InChI=1S/C26H28N6O6/c1-12-3-15-17(9-32(28)14(6-27)7-29-22(34)10-33)18-8-31-21(23(18)30-20(15)4-13(12)2)5-16-19(25(31)36)11-38-26(37)24(16)35/h3-6,24,33,35H,7-11,27-28H2,1-2H3,(H,29,34)/b14-6-. The number of carbonyl (C=O) groups excluding carboxylic acids is 2. The van der Waals surface area contributed by atoms with Gasteiger partial charge in [-0.15, -0.1) is 0 Å². The second-order valence-corrected chi connectivity index (χ2v) is 9.46. The normalized spacial score (nSPS) is 16.1.